The number of amides is 2. The molecule has 1 aliphatic rings. The van der Waals surface area contributed by atoms with Crippen molar-refractivity contribution in [2.45, 2.75) is 18.9 Å². The zero-order valence-corrected chi connectivity index (χ0v) is 23.1. The standard InChI is InChI=1S/C29H32Cl2N4O3/c1-32-13-14-33-28(36)18-35(19-29(37)34(2)24-15-20-5-3-4-6-21(20)16-24)26-17-23(31)9-12-27(26)38-25-10-7-22(30)8-11-25/h3-12,17,24,32H,13-16,18-19H2,1-2H3,(H,33,36). The first-order valence-electron chi connectivity index (χ1n) is 12.6. The molecule has 2 amide bonds. The van der Waals surface area contributed by atoms with Crippen molar-refractivity contribution >= 4 is 40.7 Å². The van der Waals surface area contributed by atoms with E-state index in [0.717, 1.165) is 12.8 Å². The van der Waals surface area contributed by atoms with Gasteiger partial charge < -0.3 is 25.2 Å². The highest BCUT2D eigenvalue weighted by Crippen LogP contribution is 2.35. The number of rotatable bonds is 11. The summed E-state index contributed by atoms with van der Waals surface area (Å²) >= 11 is 12.4. The molecule has 0 saturated heterocycles. The number of hydrogen-bond acceptors (Lipinski definition) is 5. The maximum atomic E-state index is 13.6. The van der Waals surface area contributed by atoms with Gasteiger partial charge in [-0.3, -0.25) is 9.59 Å². The van der Waals surface area contributed by atoms with Gasteiger partial charge in [-0.05, 0) is 73.5 Å². The number of halogens is 2. The number of likely N-dealkylation sites (N-methyl/N-ethyl adjacent to an activating group) is 2. The first-order valence-corrected chi connectivity index (χ1v) is 13.3. The average Bonchev–Trinajstić information content (AvgIpc) is 3.34. The number of nitrogens with zero attached hydrogens (tertiary/aromatic N) is 2. The Hall–Kier alpha value is -3.26. The summed E-state index contributed by atoms with van der Waals surface area (Å²) in [6, 6.07) is 20.5. The van der Waals surface area contributed by atoms with Crippen LogP contribution in [0.15, 0.2) is 66.7 Å². The second-order valence-electron chi connectivity index (χ2n) is 9.31. The Morgan fingerprint density at radius 2 is 1.58 bits per heavy atom. The van der Waals surface area contributed by atoms with Gasteiger partial charge in [0, 0.05) is 36.2 Å². The van der Waals surface area contributed by atoms with E-state index in [9.17, 15) is 9.59 Å². The highest BCUT2D eigenvalue weighted by molar-refractivity contribution is 6.31. The Labute approximate surface area is 233 Å². The molecule has 0 saturated carbocycles. The lowest BCUT2D eigenvalue weighted by atomic mass is 10.1. The Morgan fingerprint density at radius 1 is 0.921 bits per heavy atom. The van der Waals surface area contributed by atoms with E-state index >= 15 is 0 Å². The number of carbonyl (C=O) groups is 2. The van der Waals surface area contributed by atoms with Crippen LogP contribution in [0, 0.1) is 0 Å². The molecular weight excluding hydrogens is 523 g/mol. The molecule has 0 spiro atoms. The lowest BCUT2D eigenvalue weighted by molar-refractivity contribution is -0.130. The Bertz CT molecular complexity index is 1240. The van der Waals surface area contributed by atoms with E-state index in [2.05, 4.69) is 22.8 Å². The summed E-state index contributed by atoms with van der Waals surface area (Å²) in [6.07, 6.45) is 1.62. The predicted octanol–water partition coefficient (Wildman–Crippen LogP) is 4.55. The molecule has 0 atom stereocenters. The zero-order valence-electron chi connectivity index (χ0n) is 21.5. The van der Waals surface area contributed by atoms with Crippen molar-refractivity contribution in [2.24, 2.45) is 0 Å². The smallest absolute Gasteiger partial charge is 0.242 e. The van der Waals surface area contributed by atoms with Crippen LogP contribution in [0.25, 0.3) is 0 Å². The van der Waals surface area contributed by atoms with Gasteiger partial charge in [0.25, 0.3) is 0 Å². The van der Waals surface area contributed by atoms with Gasteiger partial charge in [0.1, 0.15) is 5.75 Å². The number of nitrogens with one attached hydrogen (secondary N) is 2. The van der Waals surface area contributed by atoms with E-state index in [4.69, 9.17) is 27.9 Å². The minimum atomic E-state index is -0.207. The molecule has 0 aliphatic heterocycles. The van der Waals surface area contributed by atoms with Crippen LogP contribution >= 0.6 is 23.2 Å². The third kappa shape index (κ3) is 7.19. The molecule has 0 unspecified atom stereocenters. The summed E-state index contributed by atoms with van der Waals surface area (Å²) in [4.78, 5) is 29.9. The molecule has 200 valence electrons. The molecule has 7 nitrogen and oxygen atoms in total. The predicted molar refractivity (Wildman–Crippen MR) is 153 cm³/mol. The Morgan fingerprint density at radius 3 is 2.24 bits per heavy atom. The molecule has 0 bridgehead atoms. The van der Waals surface area contributed by atoms with Gasteiger partial charge >= 0.3 is 0 Å². The molecule has 3 aromatic rings. The van der Waals surface area contributed by atoms with Crippen LogP contribution in [0.3, 0.4) is 0 Å². The number of anilines is 1. The van der Waals surface area contributed by atoms with Crippen LogP contribution in [0.1, 0.15) is 11.1 Å². The van der Waals surface area contributed by atoms with Crippen molar-refractivity contribution in [2.75, 3.05) is 45.2 Å². The second kappa shape index (κ2) is 13.0. The molecule has 0 fully saturated rings. The summed E-state index contributed by atoms with van der Waals surface area (Å²) in [6.45, 7) is 1.06. The summed E-state index contributed by atoms with van der Waals surface area (Å²) in [5, 5.41) is 6.96. The van der Waals surface area contributed by atoms with Crippen molar-refractivity contribution in [3.05, 3.63) is 87.9 Å². The van der Waals surface area contributed by atoms with Gasteiger partial charge in [-0.2, -0.15) is 0 Å². The van der Waals surface area contributed by atoms with Crippen LogP contribution < -0.4 is 20.3 Å². The summed E-state index contributed by atoms with van der Waals surface area (Å²) in [5.41, 5.74) is 3.09. The third-order valence-corrected chi connectivity index (χ3v) is 7.12. The number of hydrogen-bond donors (Lipinski definition) is 2. The zero-order chi connectivity index (χ0) is 27.1. The Kier molecular flexibility index (Phi) is 9.50. The fourth-order valence-electron chi connectivity index (χ4n) is 4.52. The van der Waals surface area contributed by atoms with Gasteiger partial charge in [-0.15, -0.1) is 0 Å². The molecule has 2 N–H and O–H groups in total. The topological polar surface area (TPSA) is 73.9 Å². The minimum absolute atomic E-state index is 0.0138. The van der Waals surface area contributed by atoms with E-state index in [1.807, 2.05) is 26.2 Å². The average molecular weight is 556 g/mol. The molecule has 3 aromatic carbocycles. The van der Waals surface area contributed by atoms with E-state index in [1.165, 1.54) is 11.1 Å². The lowest BCUT2D eigenvalue weighted by Crippen LogP contribution is -2.47. The van der Waals surface area contributed by atoms with Crippen molar-refractivity contribution < 1.29 is 14.3 Å². The monoisotopic (exact) mass is 554 g/mol. The van der Waals surface area contributed by atoms with E-state index < -0.39 is 0 Å². The van der Waals surface area contributed by atoms with Gasteiger partial charge in [0.15, 0.2) is 5.75 Å². The molecule has 38 heavy (non-hydrogen) atoms. The molecular formula is C29H32Cl2N4O3. The number of fused-ring (bicyclic) bond motifs is 1. The van der Waals surface area contributed by atoms with E-state index in [0.29, 0.717) is 40.3 Å². The van der Waals surface area contributed by atoms with Gasteiger partial charge in [0.05, 0.1) is 18.8 Å². The third-order valence-electron chi connectivity index (χ3n) is 6.63. The molecule has 0 heterocycles. The highest BCUT2D eigenvalue weighted by Gasteiger charge is 2.29. The maximum absolute atomic E-state index is 13.6. The summed E-state index contributed by atoms with van der Waals surface area (Å²) < 4.78 is 6.14. The van der Waals surface area contributed by atoms with Crippen molar-refractivity contribution in [3.63, 3.8) is 0 Å². The molecule has 1 aliphatic carbocycles. The lowest BCUT2D eigenvalue weighted by Gasteiger charge is -2.30. The number of benzene rings is 3. The highest BCUT2D eigenvalue weighted by atomic mass is 35.5. The fraction of sp³-hybridized carbons (Fsp3) is 0.310. The molecule has 0 radical (unpaired) electrons. The van der Waals surface area contributed by atoms with E-state index in [1.54, 1.807) is 52.3 Å². The maximum Gasteiger partial charge on any atom is 0.242 e. The Balaban J connectivity index is 1.56. The first-order chi connectivity index (χ1) is 18.3. The first kappa shape index (κ1) is 27.8. The molecule has 0 aromatic heterocycles. The quantitative estimate of drug-likeness (QED) is 0.340. The van der Waals surface area contributed by atoms with Crippen LogP contribution in [-0.2, 0) is 22.4 Å². The van der Waals surface area contributed by atoms with Crippen LogP contribution in [-0.4, -0.2) is 63.0 Å². The van der Waals surface area contributed by atoms with Crippen molar-refractivity contribution in [1.29, 1.82) is 0 Å². The van der Waals surface area contributed by atoms with Crippen LogP contribution in [0.5, 0.6) is 11.5 Å². The van der Waals surface area contributed by atoms with E-state index in [-0.39, 0.29) is 30.9 Å². The normalized spacial score (nSPS) is 12.6. The molecule has 4 rings (SSSR count). The second-order valence-corrected chi connectivity index (χ2v) is 10.2. The number of ether oxygens (including phenoxy) is 1. The minimum Gasteiger partial charge on any atom is -0.455 e. The van der Waals surface area contributed by atoms with Gasteiger partial charge in [0.2, 0.25) is 11.8 Å². The van der Waals surface area contributed by atoms with Crippen LogP contribution in [0.2, 0.25) is 10.0 Å². The summed E-state index contributed by atoms with van der Waals surface area (Å²) in [5.74, 6) is 0.747. The van der Waals surface area contributed by atoms with Gasteiger partial charge in [-0.1, -0.05) is 47.5 Å². The van der Waals surface area contributed by atoms with Gasteiger partial charge in [-0.25, -0.2) is 0 Å². The molecule has 9 heteroatoms. The van der Waals surface area contributed by atoms with Crippen molar-refractivity contribution in [3.8, 4) is 11.5 Å². The number of carbonyl (C=O) groups excluding carboxylic acids is 2. The van der Waals surface area contributed by atoms with Crippen molar-refractivity contribution in [1.82, 2.24) is 15.5 Å². The van der Waals surface area contributed by atoms with Crippen LogP contribution in [0.4, 0.5) is 5.69 Å². The largest absolute Gasteiger partial charge is 0.455 e. The SMILES string of the molecule is CNCCNC(=O)CN(CC(=O)N(C)C1Cc2ccccc2C1)c1cc(Cl)ccc1Oc1ccc(Cl)cc1. The summed E-state index contributed by atoms with van der Waals surface area (Å²) in [7, 11) is 3.65. The fourth-order valence-corrected chi connectivity index (χ4v) is 4.82.